The number of piperidine rings is 1. The number of aryl methyl sites for hydroxylation is 2. The van der Waals surface area contributed by atoms with Crippen molar-refractivity contribution < 1.29 is 9.59 Å². The third-order valence-electron chi connectivity index (χ3n) is 5.91. The van der Waals surface area contributed by atoms with Crippen molar-refractivity contribution in [3.63, 3.8) is 0 Å². The fourth-order valence-electron chi connectivity index (χ4n) is 4.18. The molecule has 2 aromatic rings. The van der Waals surface area contributed by atoms with Gasteiger partial charge in [-0.25, -0.2) is 4.79 Å². The number of carbonyl (C=O) groups is 2. The highest BCUT2D eigenvalue weighted by atomic mass is 16.2. The first-order chi connectivity index (χ1) is 14.0. The summed E-state index contributed by atoms with van der Waals surface area (Å²) < 4.78 is 0. The molecule has 154 valence electrons. The SMILES string of the molecule is Cc1ccccc1[C@@H](CC(=O)N1CCC(CCc2ccccc2)CC1)NC(N)=O. The molecule has 1 aliphatic heterocycles. The topological polar surface area (TPSA) is 75.4 Å². The van der Waals surface area contributed by atoms with E-state index < -0.39 is 12.1 Å². The van der Waals surface area contributed by atoms with Crippen LogP contribution < -0.4 is 11.1 Å². The average Bonchev–Trinajstić information content (AvgIpc) is 2.73. The quantitative estimate of drug-likeness (QED) is 0.747. The molecule has 0 spiro atoms. The van der Waals surface area contributed by atoms with Crippen molar-refractivity contribution in [2.24, 2.45) is 11.7 Å². The van der Waals surface area contributed by atoms with Crippen LogP contribution in [0.4, 0.5) is 4.79 Å². The molecule has 2 aromatic carbocycles. The second-order valence-electron chi connectivity index (χ2n) is 7.97. The number of likely N-dealkylation sites (tertiary alicyclic amines) is 1. The van der Waals surface area contributed by atoms with Crippen LogP contribution >= 0.6 is 0 Å². The van der Waals surface area contributed by atoms with Gasteiger partial charge >= 0.3 is 6.03 Å². The molecule has 0 bridgehead atoms. The maximum atomic E-state index is 12.9. The second-order valence-corrected chi connectivity index (χ2v) is 7.97. The minimum atomic E-state index is -0.606. The number of urea groups is 1. The van der Waals surface area contributed by atoms with E-state index in [1.807, 2.05) is 42.2 Å². The number of nitrogens with one attached hydrogen (secondary N) is 1. The summed E-state index contributed by atoms with van der Waals surface area (Å²) in [5.74, 6) is 0.740. The lowest BCUT2D eigenvalue weighted by atomic mass is 9.90. The van der Waals surface area contributed by atoms with Crippen molar-refractivity contribution in [1.82, 2.24) is 10.2 Å². The van der Waals surface area contributed by atoms with Crippen LogP contribution in [0.5, 0.6) is 0 Å². The average molecular weight is 394 g/mol. The molecule has 1 aliphatic rings. The molecule has 0 unspecified atom stereocenters. The molecule has 1 heterocycles. The van der Waals surface area contributed by atoms with E-state index in [0.717, 1.165) is 43.5 Å². The smallest absolute Gasteiger partial charge is 0.312 e. The van der Waals surface area contributed by atoms with Crippen LogP contribution in [-0.4, -0.2) is 29.9 Å². The second kappa shape index (κ2) is 10.1. The van der Waals surface area contributed by atoms with Crippen molar-refractivity contribution in [3.8, 4) is 0 Å². The monoisotopic (exact) mass is 393 g/mol. The number of nitrogens with two attached hydrogens (primary N) is 1. The van der Waals surface area contributed by atoms with E-state index in [4.69, 9.17) is 5.73 Å². The molecular formula is C24H31N3O2. The Kier molecular flexibility index (Phi) is 7.28. The zero-order valence-corrected chi connectivity index (χ0v) is 17.1. The number of carbonyl (C=O) groups excluding carboxylic acids is 2. The van der Waals surface area contributed by atoms with Crippen LogP contribution in [0.1, 0.15) is 48.4 Å². The van der Waals surface area contributed by atoms with E-state index in [1.54, 1.807) is 0 Å². The van der Waals surface area contributed by atoms with Crippen molar-refractivity contribution in [3.05, 3.63) is 71.3 Å². The predicted octanol–water partition coefficient (Wildman–Crippen LogP) is 3.97. The van der Waals surface area contributed by atoms with E-state index in [2.05, 4.69) is 29.6 Å². The lowest BCUT2D eigenvalue weighted by Gasteiger charge is -2.33. The van der Waals surface area contributed by atoms with Gasteiger partial charge < -0.3 is 16.0 Å². The molecule has 3 rings (SSSR count). The van der Waals surface area contributed by atoms with Gasteiger partial charge in [0.05, 0.1) is 12.5 Å². The van der Waals surface area contributed by atoms with E-state index in [0.29, 0.717) is 5.92 Å². The van der Waals surface area contributed by atoms with Gasteiger partial charge in [0, 0.05) is 13.1 Å². The first-order valence-corrected chi connectivity index (χ1v) is 10.5. The summed E-state index contributed by atoms with van der Waals surface area (Å²) in [4.78, 5) is 26.3. The summed E-state index contributed by atoms with van der Waals surface area (Å²) in [6.07, 6.45) is 4.58. The van der Waals surface area contributed by atoms with E-state index in [1.165, 1.54) is 12.0 Å². The molecule has 3 amide bonds. The highest BCUT2D eigenvalue weighted by Crippen LogP contribution is 2.26. The largest absolute Gasteiger partial charge is 0.352 e. The van der Waals surface area contributed by atoms with E-state index >= 15 is 0 Å². The van der Waals surface area contributed by atoms with Crippen LogP contribution in [0, 0.1) is 12.8 Å². The Morgan fingerprint density at radius 1 is 1.07 bits per heavy atom. The molecule has 0 aromatic heterocycles. The summed E-state index contributed by atoms with van der Waals surface area (Å²) in [5, 5.41) is 2.75. The number of hydrogen-bond donors (Lipinski definition) is 2. The molecule has 1 saturated heterocycles. The zero-order chi connectivity index (χ0) is 20.6. The highest BCUT2D eigenvalue weighted by molar-refractivity contribution is 5.79. The van der Waals surface area contributed by atoms with Crippen LogP contribution in [0.25, 0.3) is 0 Å². The summed E-state index contributed by atoms with van der Waals surface area (Å²) in [5.41, 5.74) is 8.72. The van der Waals surface area contributed by atoms with Crippen LogP contribution in [0.2, 0.25) is 0 Å². The van der Waals surface area contributed by atoms with Crippen molar-refractivity contribution in [2.75, 3.05) is 13.1 Å². The molecule has 3 N–H and O–H groups in total. The first-order valence-electron chi connectivity index (χ1n) is 10.5. The molecule has 5 heteroatoms. The van der Waals surface area contributed by atoms with Crippen molar-refractivity contribution in [1.29, 1.82) is 0 Å². The predicted molar refractivity (Wildman–Crippen MR) is 115 cm³/mol. The molecule has 0 aliphatic carbocycles. The van der Waals surface area contributed by atoms with Gasteiger partial charge in [0.15, 0.2) is 0 Å². The Morgan fingerprint density at radius 2 is 1.72 bits per heavy atom. The standard InChI is InChI=1S/C24H31N3O2/c1-18-7-5-6-10-21(18)22(26-24(25)29)17-23(28)27-15-13-20(14-16-27)12-11-19-8-3-2-4-9-19/h2-10,20,22H,11-17H2,1H3,(H3,25,26,29)/t22-/m1/s1. The lowest BCUT2D eigenvalue weighted by molar-refractivity contribution is -0.133. The molecule has 1 atom stereocenters. The number of nitrogens with zero attached hydrogens (tertiary/aromatic N) is 1. The summed E-state index contributed by atoms with van der Waals surface area (Å²) in [6.45, 7) is 3.55. The maximum absolute atomic E-state index is 12.9. The molecule has 5 nitrogen and oxygen atoms in total. The summed E-state index contributed by atoms with van der Waals surface area (Å²) in [6, 6.07) is 17.4. The summed E-state index contributed by atoms with van der Waals surface area (Å²) in [7, 11) is 0. The number of primary amides is 1. The molecular weight excluding hydrogens is 362 g/mol. The van der Waals surface area contributed by atoms with Gasteiger partial charge in [-0.2, -0.15) is 0 Å². The Labute approximate surface area is 173 Å². The Balaban J connectivity index is 1.52. The van der Waals surface area contributed by atoms with Crippen molar-refractivity contribution in [2.45, 2.75) is 45.1 Å². The van der Waals surface area contributed by atoms with Gasteiger partial charge in [-0.1, -0.05) is 54.6 Å². The van der Waals surface area contributed by atoms with Gasteiger partial charge in [0.2, 0.25) is 5.91 Å². The minimum absolute atomic E-state index is 0.0773. The molecule has 0 radical (unpaired) electrons. The van der Waals surface area contributed by atoms with E-state index in [-0.39, 0.29) is 12.3 Å². The van der Waals surface area contributed by atoms with Gasteiger partial charge in [-0.15, -0.1) is 0 Å². The van der Waals surface area contributed by atoms with Gasteiger partial charge in [0.1, 0.15) is 0 Å². The third-order valence-corrected chi connectivity index (χ3v) is 5.91. The zero-order valence-electron chi connectivity index (χ0n) is 17.1. The number of benzene rings is 2. The Bertz CT molecular complexity index is 814. The molecule has 0 saturated carbocycles. The van der Waals surface area contributed by atoms with Crippen molar-refractivity contribution >= 4 is 11.9 Å². The van der Waals surface area contributed by atoms with Gasteiger partial charge in [0.25, 0.3) is 0 Å². The number of amides is 3. The van der Waals surface area contributed by atoms with E-state index in [9.17, 15) is 9.59 Å². The fraction of sp³-hybridized carbons (Fsp3) is 0.417. The van der Waals surface area contributed by atoms with Crippen LogP contribution in [0.15, 0.2) is 54.6 Å². The Morgan fingerprint density at radius 3 is 2.38 bits per heavy atom. The van der Waals surface area contributed by atoms with Crippen LogP contribution in [-0.2, 0) is 11.2 Å². The van der Waals surface area contributed by atoms with Crippen LogP contribution in [0.3, 0.4) is 0 Å². The minimum Gasteiger partial charge on any atom is -0.352 e. The lowest BCUT2D eigenvalue weighted by Crippen LogP contribution is -2.42. The summed E-state index contributed by atoms with van der Waals surface area (Å²) >= 11 is 0. The van der Waals surface area contributed by atoms with Gasteiger partial charge in [-0.05, 0) is 55.2 Å². The maximum Gasteiger partial charge on any atom is 0.312 e. The number of hydrogen-bond acceptors (Lipinski definition) is 2. The first kappa shape index (κ1) is 20.9. The Hall–Kier alpha value is -2.82. The highest BCUT2D eigenvalue weighted by Gasteiger charge is 2.26. The number of rotatable bonds is 7. The normalized spacial score (nSPS) is 15.7. The third kappa shape index (κ3) is 6.08. The molecule has 1 fully saturated rings. The van der Waals surface area contributed by atoms with Gasteiger partial charge in [-0.3, -0.25) is 4.79 Å². The molecule has 29 heavy (non-hydrogen) atoms. The fourth-order valence-corrected chi connectivity index (χ4v) is 4.18.